The van der Waals surface area contributed by atoms with Crippen LogP contribution in [0.25, 0.3) is 39.2 Å². The van der Waals surface area contributed by atoms with Crippen molar-refractivity contribution in [3.05, 3.63) is 83.6 Å². The molecule has 3 aromatic carbocycles. The molecule has 5 aromatic rings. The molecular weight excluding hydrogens is 454 g/mol. The van der Waals surface area contributed by atoms with E-state index < -0.39 is 0 Å². The van der Waals surface area contributed by atoms with Crippen LogP contribution in [0.2, 0.25) is 0 Å². The van der Waals surface area contributed by atoms with Gasteiger partial charge in [-0.25, -0.2) is 4.68 Å². The van der Waals surface area contributed by atoms with Crippen molar-refractivity contribution in [2.24, 2.45) is 0 Å². The molecule has 0 bridgehead atoms. The van der Waals surface area contributed by atoms with Crippen LogP contribution in [-0.4, -0.2) is 44.4 Å². The summed E-state index contributed by atoms with van der Waals surface area (Å²) in [7, 11) is 1.69. The van der Waals surface area contributed by atoms with Crippen LogP contribution >= 0.6 is 12.2 Å². The molecular formula is C28H29N5OS. The lowest BCUT2D eigenvalue weighted by Crippen LogP contribution is -2.26. The number of aromatic nitrogens is 4. The quantitative estimate of drug-likeness (QED) is 0.255. The molecule has 2 heterocycles. The van der Waals surface area contributed by atoms with Gasteiger partial charge in [0.2, 0.25) is 4.77 Å². The molecule has 0 aliphatic carbocycles. The smallest absolute Gasteiger partial charge is 0.204 e. The fourth-order valence-electron chi connectivity index (χ4n) is 4.45. The summed E-state index contributed by atoms with van der Waals surface area (Å²) in [6.45, 7) is 6.79. The Morgan fingerprint density at radius 3 is 2.29 bits per heavy atom. The Hall–Kier alpha value is -3.68. The van der Waals surface area contributed by atoms with Gasteiger partial charge in [-0.2, -0.15) is 0 Å². The average Bonchev–Trinajstić information content (AvgIpc) is 3.45. The van der Waals surface area contributed by atoms with E-state index >= 15 is 0 Å². The van der Waals surface area contributed by atoms with Crippen molar-refractivity contribution >= 4 is 23.1 Å². The summed E-state index contributed by atoms with van der Waals surface area (Å²) >= 11 is 5.99. The predicted octanol–water partition coefficient (Wildman–Crippen LogP) is 6.53. The van der Waals surface area contributed by atoms with Crippen molar-refractivity contribution in [1.29, 1.82) is 0 Å². The highest BCUT2D eigenvalue weighted by atomic mass is 32.1. The molecule has 0 aliphatic rings. The van der Waals surface area contributed by atoms with Crippen LogP contribution in [0.3, 0.4) is 0 Å². The van der Waals surface area contributed by atoms with Crippen molar-refractivity contribution in [3.8, 4) is 34.1 Å². The number of H-pyrrole nitrogens is 1. The van der Waals surface area contributed by atoms with E-state index in [1.165, 1.54) is 0 Å². The van der Waals surface area contributed by atoms with Crippen molar-refractivity contribution in [2.45, 2.75) is 20.5 Å². The molecule has 0 saturated carbocycles. The molecule has 0 fully saturated rings. The zero-order valence-electron chi connectivity index (χ0n) is 20.2. The number of benzene rings is 3. The standard InChI is InChI=1S/C28H29N5OS/c1-4-31(5-2)19-32-28(35)33(21-14-10-7-11-15-21)27(30-32)26-25(20-12-8-6-9-13-20)23-18-22(34-3)16-17-24(23)29-26/h6-18,29H,4-5,19H2,1-3H3. The molecule has 0 radical (unpaired) electrons. The first kappa shape index (κ1) is 23.1. The van der Waals surface area contributed by atoms with Gasteiger partial charge in [-0.3, -0.25) is 9.47 Å². The number of para-hydroxylation sites is 1. The molecule has 0 saturated heterocycles. The minimum Gasteiger partial charge on any atom is -0.497 e. The van der Waals surface area contributed by atoms with Crippen LogP contribution in [0.1, 0.15) is 13.8 Å². The molecule has 1 N–H and O–H groups in total. The van der Waals surface area contributed by atoms with Gasteiger partial charge in [0.05, 0.1) is 25.2 Å². The molecule has 0 amide bonds. The van der Waals surface area contributed by atoms with Gasteiger partial charge in [-0.15, -0.1) is 5.10 Å². The number of methoxy groups -OCH3 is 1. The Labute approximate surface area is 210 Å². The van der Waals surface area contributed by atoms with Gasteiger partial charge < -0.3 is 9.72 Å². The van der Waals surface area contributed by atoms with Crippen LogP contribution in [0.4, 0.5) is 0 Å². The fraction of sp³-hybridized carbons (Fsp3) is 0.214. The highest BCUT2D eigenvalue weighted by Crippen LogP contribution is 2.39. The van der Waals surface area contributed by atoms with Crippen molar-refractivity contribution in [1.82, 2.24) is 24.2 Å². The predicted molar refractivity (Wildman–Crippen MR) is 145 cm³/mol. The second-order valence-electron chi connectivity index (χ2n) is 8.37. The van der Waals surface area contributed by atoms with E-state index in [1.807, 2.05) is 35.0 Å². The molecule has 6 nitrogen and oxygen atoms in total. The first-order valence-electron chi connectivity index (χ1n) is 11.9. The Balaban J connectivity index is 1.82. The van der Waals surface area contributed by atoms with E-state index in [2.05, 4.69) is 76.8 Å². The Kier molecular flexibility index (Phi) is 6.53. The van der Waals surface area contributed by atoms with E-state index in [1.54, 1.807) is 7.11 Å². The molecule has 35 heavy (non-hydrogen) atoms. The largest absolute Gasteiger partial charge is 0.497 e. The number of nitrogens with zero attached hydrogens (tertiary/aromatic N) is 4. The molecule has 0 unspecified atom stereocenters. The summed E-state index contributed by atoms with van der Waals surface area (Å²) in [5.74, 6) is 1.59. The van der Waals surface area contributed by atoms with Crippen LogP contribution in [0, 0.1) is 4.77 Å². The number of aromatic amines is 1. The number of nitrogens with one attached hydrogen (secondary N) is 1. The lowest BCUT2D eigenvalue weighted by Gasteiger charge is -2.17. The van der Waals surface area contributed by atoms with Crippen LogP contribution < -0.4 is 4.74 Å². The summed E-state index contributed by atoms with van der Waals surface area (Å²) < 4.78 is 10.2. The maximum absolute atomic E-state index is 5.99. The van der Waals surface area contributed by atoms with Crippen LogP contribution in [-0.2, 0) is 6.67 Å². The van der Waals surface area contributed by atoms with Gasteiger partial charge in [0, 0.05) is 16.5 Å². The maximum atomic E-state index is 5.99. The Morgan fingerprint density at radius 2 is 1.63 bits per heavy atom. The number of hydrogen-bond acceptors (Lipinski definition) is 4. The van der Waals surface area contributed by atoms with E-state index in [0.717, 1.165) is 58.1 Å². The van der Waals surface area contributed by atoms with Gasteiger partial charge in [0.15, 0.2) is 5.82 Å². The molecule has 2 aromatic heterocycles. The van der Waals surface area contributed by atoms with Crippen LogP contribution in [0.15, 0.2) is 78.9 Å². The van der Waals surface area contributed by atoms with Gasteiger partial charge >= 0.3 is 0 Å². The summed E-state index contributed by atoms with van der Waals surface area (Å²) in [5.41, 5.74) is 5.10. The van der Waals surface area contributed by atoms with E-state index in [-0.39, 0.29) is 0 Å². The summed E-state index contributed by atoms with van der Waals surface area (Å²) in [5, 5.41) is 6.17. The maximum Gasteiger partial charge on any atom is 0.204 e. The molecule has 178 valence electrons. The Bertz CT molecular complexity index is 1500. The summed E-state index contributed by atoms with van der Waals surface area (Å²) in [6.07, 6.45) is 0. The number of fused-ring (bicyclic) bond motifs is 1. The van der Waals surface area contributed by atoms with Gasteiger partial charge in [0.1, 0.15) is 5.75 Å². The molecule has 5 rings (SSSR count). The first-order valence-corrected chi connectivity index (χ1v) is 12.3. The van der Waals surface area contributed by atoms with Crippen molar-refractivity contribution < 1.29 is 4.74 Å². The average molecular weight is 484 g/mol. The van der Waals surface area contributed by atoms with Gasteiger partial charge in [-0.05, 0) is 61.2 Å². The zero-order chi connectivity index (χ0) is 24.4. The second kappa shape index (κ2) is 9.90. The summed E-state index contributed by atoms with van der Waals surface area (Å²) in [6, 6.07) is 26.7. The summed E-state index contributed by atoms with van der Waals surface area (Å²) in [4.78, 5) is 5.95. The van der Waals surface area contributed by atoms with Gasteiger partial charge in [-0.1, -0.05) is 62.4 Å². The van der Waals surface area contributed by atoms with E-state index in [9.17, 15) is 0 Å². The third kappa shape index (κ3) is 4.29. The molecule has 7 heteroatoms. The van der Waals surface area contributed by atoms with E-state index in [4.69, 9.17) is 22.1 Å². The van der Waals surface area contributed by atoms with Crippen molar-refractivity contribution in [3.63, 3.8) is 0 Å². The SMILES string of the molecule is CCN(CC)Cn1nc(-c2[nH]c3ccc(OC)cc3c2-c2ccccc2)n(-c2ccccc2)c1=S. The monoisotopic (exact) mass is 483 g/mol. The minimum absolute atomic E-state index is 0.632. The van der Waals surface area contributed by atoms with Crippen LogP contribution in [0.5, 0.6) is 5.75 Å². The Morgan fingerprint density at radius 1 is 0.943 bits per heavy atom. The highest BCUT2D eigenvalue weighted by molar-refractivity contribution is 7.71. The number of rotatable bonds is 8. The highest BCUT2D eigenvalue weighted by Gasteiger charge is 2.23. The normalized spacial score (nSPS) is 11.4. The molecule has 0 atom stereocenters. The van der Waals surface area contributed by atoms with Gasteiger partial charge in [0.25, 0.3) is 0 Å². The number of hydrogen-bond donors (Lipinski definition) is 1. The third-order valence-corrected chi connectivity index (χ3v) is 6.77. The fourth-order valence-corrected chi connectivity index (χ4v) is 4.75. The zero-order valence-corrected chi connectivity index (χ0v) is 21.0. The third-order valence-electron chi connectivity index (χ3n) is 6.37. The lowest BCUT2D eigenvalue weighted by atomic mass is 10.0. The molecule has 0 spiro atoms. The molecule has 0 aliphatic heterocycles. The second-order valence-corrected chi connectivity index (χ2v) is 8.74. The number of ether oxygens (including phenoxy) is 1. The topological polar surface area (TPSA) is 51.0 Å². The van der Waals surface area contributed by atoms with Crippen molar-refractivity contribution in [2.75, 3.05) is 20.2 Å². The lowest BCUT2D eigenvalue weighted by molar-refractivity contribution is 0.227. The minimum atomic E-state index is 0.632. The first-order chi connectivity index (χ1) is 17.1. The van der Waals surface area contributed by atoms with E-state index in [0.29, 0.717) is 11.4 Å².